The SMILES string of the molecule is CNC(=O)c1ccc(CN(C)C(=O)c2cc3ccccc3c3cccnc23)cc1. The quantitative estimate of drug-likeness (QED) is 0.542. The van der Waals surface area contributed by atoms with Gasteiger partial charge in [0.1, 0.15) is 0 Å². The summed E-state index contributed by atoms with van der Waals surface area (Å²) in [7, 11) is 3.38. The van der Waals surface area contributed by atoms with Gasteiger partial charge in [0.2, 0.25) is 0 Å². The molecule has 3 aromatic carbocycles. The van der Waals surface area contributed by atoms with Gasteiger partial charge >= 0.3 is 0 Å². The van der Waals surface area contributed by atoms with Crippen LogP contribution in [0.25, 0.3) is 21.7 Å². The Bertz CT molecular complexity index is 1220. The summed E-state index contributed by atoms with van der Waals surface area (Å²) in [5.74, 6) is -0.218. The normalized spacial score (nSPS) is 10.8. The van der Waals surface area contributed by atoms with Crippen LogP contribution in [0.3, 0.4) is 0 Å². The average Bonchev–Trinajstić information content (AvgIpc) is 2.78. The number of hydrogen-bond donors (Lipinski definition) is 1. The molecule has 0 radical (unpaired) electrons. The molecule has 0 bridgehead atoms. The van der Waals surface area contributed by atoms with Gasteiger partial charge in [-0.15, -0.1) is 0 Å². The molecule has 0 aliphatic heterocycles. The van der Waals surface area contributed by atoms with Crippen LogP contribution in [-0.2, 0) is 6.54 Å². The Balaban J connectivity index is 1.66. The predicted molar refractivity (Wildman–Crippen MR) is 115 cm³/mol. The molecular weight excluding hydrogens is 362 g/mol. The standard InChI is InChI=1S/C24H21N3O2/c1-25-23(28)17-11-9-16(10-12-17)15-27(2)24(29)21-14-18-6-3-4-7-19(18)20-8-5-13-26-22(20)21/h3-14H,15H2,1-2H3,(H,25,28). The van der Waals surface area contributed by atoms with Crippen molar-refractivity contribution in [1.82, 2.24) is 15.2 Å². The number of carbonyl (C=O) groups excluding carboxylic acids is 2. The van der Waals surface area contributed by atoms with Crippen molar-refractivity contribution in [3.63, 3.8) is 0 Å². The second kappa shape index (κ2) is 7.72. The molecule has 5 heteroatoms. The van der Waals surface area contributed by atoms with Gasteiger partial charge in [0.15, 0.2) is 0 Å². The summed E-state index contributed by atoms with van der Waals surface area (Å²) in [5.41, 5.74) is 2.84. The Labute approximate surface area is 169 Å². The van der Waals surface area contributed by atoms with Gasteiger partial charge in [-0.3, -0.25) is 14.6 Å². The summed E-state index contributed by atoms with van der Waals surface area (Å²) in [6, 6.07) is 21.1. The van der Waals surface area contributed by atoms with E-state index < -0.39 is 0 Å². The van der Waals surface area contributed by atoms with Crippen LogP contribution in [0, 0.1) is 0 Å². The molecule has 144 valence electrons. The molecule has 0 fully saturated rings. The van der Waals surface area contributed by atoms with Gasteiger partial charge in [0.05, 0.1) is 11.1 Å². The van der Waals surface area contributed by atoms with Gasteiger partial charge < -0.3 is 10.2 Å². The Morgan fingerprint density at radius 2 is 1.69 bits per heavy atom. The smallest absolute Gasteiger partial charge is 0.256 e. The summed E-state index contributed by atoms with van der Waals surface area (Å²) in [5, 5.41) is 5.67. The molecule has 4 aromatic rings. The van der Waals surface area contributed by atoms with Crippen molar-refractivity contribution in [2.45, 2.75) is 6.54 Å². The first-order valence-corrected chi connectivity index (χ1v) is 9.41. The molecule has 0 aliphatic rings. The Morgan fingerprint density at radius 1 is 0.966 bits per heavy atom. The lowest BCUT2D eigenvalue weighted by Crippen LogP contribution is -2.26. The fourth-order valence-corrected chi connectivity index (χ4v) is 3.55. The van der Waals surface area contributed by atoms with E-state index in [4.69, 9.17) is 0 Å². The van der Waals surface area contributed by atoms with E-state index in [9.17, 15) is 9.59 Å². The van der Waals surface area contributed by atoms with E-state index in [1.165, 1.54) is 0 Å². The first kappa shape index (κ1) is 18.6. The highest BCUT2D eigenvalue weighted by Gasteiger charge is 2.18. The molecule has 0 unspecified atom stereocenters. The number of amides is 2. The predicted octanol–water partition coefficient (Wildman–Crippen LogP) is 4.02. The van der Waals surface area contributed by atoms with E-state index >= 15 is 0 Å². The molecule has 0 atom stereocenters. The van der Waals surface area contributed by atoms with Crippen LogP contribution in [0.4, 0.5) is 0 Å². The molecule has 0 spiro atoms. The third-order valence-corrected chi connectivity index (χ3v) is 5.05. The van der Waals surface area contributed by atoms with E-state index in [1.807, 2.05) is 54.6 Å². The number of carbonyl (C=O) groups is 2. The molecule has 29 heavy (non-hydrogen) atoms. The molecule has 0 saturated carbocycles. The highest BCUT2D eigenvalue weighted by atomic mass is 16.2. The Kier molecular flexibility index (Phi) is 4.96. The summed E-state index contributed by atoms with van der Waals surface area (Å²) >= 11 is 0. The minimum atomic E-state index is -0.130. The van der Waals surface area contributed by atoms with Gasteiger partial charge in [0.25, 0.3) is 11.8 Å². The fourth-order valence-electron chi connectivity index (χ4n) is 3.55. The fraction of sp³-hybridized carbons (Fsp3) is 0.125. The van der Waals surface area contributed by atoms with Crippen molar-refractivity contribution in [2.75, 3.05) is 14.1 Å². The van der Waals surface area contributed by atoms with Crippen molar-refractivity contribution in [3.05, 3.63) is 89.6 Å². The van der Waals surface area contributed by atoms with Gasteiger partial charge in [0, 0.05) is 37.8 Å². The second-order valence-corrected chi connectivity index (χ2v) is 6.98. The molecule has 2 amide bonds. The maximum Gasteiger partial charge on any atom is 0.256 e. The van der Waals surface area contributed by atoms with E-state index in [2.05, 4.69) is 10.3 Å². The Morgan fingerprint density at radius 3 is 2.45 bits per heavy atom. The Hall–Kier alpha value is -3.73. The van der Waals surface area contributed by atoms with Crippen LogP contribution >= 0.6 is 0 Å². The second-order valence-electron chi connectivity index (χ2n) is 6.98. The lowest BCUT2D eigenvalue weighted by Gasteiger charge is -2.19. The van der Waals surface area contributed by atoms with Crippen LogP contribution in [0.1, 0.15) is 26.3 Å². The number of pyridine rings is 1. The first-order valence-electron chi connectivity index (χ1n) is 9.41. The van der Waals surface area contributed by atoms with Crippen molar-refractivity contribution in [3.8, 4) is 0 Å². The number of hydrogen-bond acceptors (Lipinski definition) is 3. The van der Waals surface area contributed by atoms with Crippen LogP contribution in [-0.4, -0.2) is 35.8 Å². The van der Waals surface area contributed by atoms with E-state index in [1.54, 1.807) is 37.3 Å². The van der Waals surface area contributed by atoms with Crippen LogP contribution in [0.5, 0.6) is 0 Å². The summed E-state index contributed by atoms with van der Waals surface area (Å²) in [4.78, 5) is 31.1. The maximum absolute atomic E-state index is 13.2. The van der Waals surface area contributed by atoms with Crippen molar-refractivity contribution >= 4 is 33.5 Å². The van der Waals surface area contributed by atoms with Crippen molar-refractivity contribution in [2.24, 2.45) is 0 Å². The largest absolute Gasteiger partial charge is 0.355 e. The molecule has 0 saturated heterocycles. The maximum atomic E-state index is 13.2. The number of benzene rings is 3. The lowest BCUT2D eigenvalue weighted by atomic mass is 10.00. The first-order chi connectivity index (χ1) is 14.1. The summed E-state index contributed by atoms with van der Waals surface area (Å²) in [6.45, 7) is 0.439. The highest BCUT2D eigenvalue weighted by molar-refractivity contribution is 6.15. The zero-order chi connectivity index (χ0) is 20.4. The van der Waals surface area contributed by atoms with Crippen LogP contribution in [0.15, 0.2) is 72.9 Å². The monoisotopic (exact) mass is 383 g/mol. The van der Waals surface area contributed by atoms with E-state index in [0.717, 1.165) is 21.7 Å². The van der Waals surface area contributed by atoms with Gasteiger partial charge in [-0.2, -0.15) is 0 Å². The van der Waals surface area contributed by atoms with E-state index in [0.29, 0.717) is 23.2 Å². The number of nitrogens with zero attached hydrogens (tertiary/aromatic N) is 2. The van der Waals surface area contributed by atoms with Gasteiger partial charge in [-0.25, -0.2) is 0 Å². The third kappa shape index (κ3) is 3.55. The van der Waals surface area contributed by atoms with Gasteiger partial charge in [-0.1, -0.05) is 42.5 Å². The van der Waals surface area contributed by atoms with Gasteiger partial charge in [-0.05, 0) is 40.6 Å². The topological polar surface area (TPSA) is 62.3 Å². The number of aromatic nitrogens is 1. The molecule has 1 N–H and O–H groups in total. The zero-order valence-corrected chi connectivity index (χ0v) is 16.3. The van der Waals surface area contributed by atoms with E-state index in [-0.39, 0.29) is 11.8 Å². The number of fused-ring (bicyclic) bond motifs is 3. The lowest BCUT2D eigenvalue weighted by molar-refractivity contribution is 0.0786. The minimum Gasteiger partial charge on any atom is -0.355 e. The van der Waals surface area contributed by atoms with Crippen molar-refractivity contribution < 1.29 is 9.59 Å². The molecule has 1 heterocycles. The third-order valence-electron chi connectivity index (χ3n) is 5.05. The number of rotatable bonds is 4. The van der Waals surface area contributed by atoms with Crippen molar-refractivity contribution in [1.29, 1.82) is 0 Å². The molecule has 4 rings (SSSR count). The molecule has 5 nitrogen and oxygen atoms in total. The summed E-state index contributed by atoms with van der Waals surface area (Å²) in [6.07, 6.45) is 1.71. The molecule has 0 aliphatic carbocycles. The van der Waals surface area contributed by atoms with Crippen LogP contribution < -0.4 is 5.32 Å². The zero-order valence-electron chi connectivity index (χ0n) is 16.3. The number of nitrogens with one attached hydrogen (secondary N) is 1. The molecular formula is C24H21N3O2. The highest BCUT2D eigenvalue weighted by Crippen LogP contribution is 2.28. The molecule has 1 aromatic heterocycles. The minimum absolute atomic E-state index is 0.0881. The summed E-state index contributed by atoms with van der Waals surface area (Å²) < 4.78 is 0. The van der Waals surface area contributed by atoms with Crippen LogP contribution in [0.2, 0.25) is 0 Å². The average molecular weight is 383 g/mol.